The zero-order valence-corrected chi connectivity index (χ0v) is 15.9. The third-order valence-electron chi connectivity index (χ3n) is 3.69. The summed E-state index contributed by atoms with van der Waals surface area (Å²) in [4.78, 5) is 4.66. The number of halogens is 1. The van der Waals surface area contributed by atoms with Gasteiger partial charge < -0.3 is 9.47 Å². The molecular weight excluding hydrogens is 378 g/mol. The Morgan fingerprint density at radius 3 is 2.56 bits per heavy atom. The third-order valence-corrected chi connectivity index (χ3v) is 4.28. The average molecular weight is 398 g/mol. The number of hydrogen-bond donors (Lipinski definition) is 0. The van der Waals surface area contributed by atoms with Crippen molar-refractivity contribution in [3.05, 3.63) is 64.3 Å². The lowest BCUT2D eigenvalue weighted by Crippen LogP contribution is -1.99. The minimum atomic E-state index is 0.589. The van der Waals surface area contributed by atoms with Crippen LogP contribution in [-0.2, 0) is 0 Å². The second-order valence-corrected chi connectivity index (χ2v) is 6.31. The molecule has 0 aliphatic heterocycles. The molecule has 0 amide bonds. The molecule has 1 heterocycles. The van der Waals surface area contributed by atoms with E-state index in [2.05, 4.69) is 33.0 Å². The smallest absolute Gasteiger partial charge is 0.175 e. The van der Waals surface area contributed by atoms with Crippen LogP contribution in [0.4, 0.5) is 0 Å². The molecule has 25 heavy (non-hydrogen) atoms. The highest BCUT2D eigenvalue weighted by atomic mass is 79.9. The fourth-order valence-electron chi connectivity index (χ4n) is 2.59. The first-order valence-corrected chi connectivity index (χ1v) is 9.13. The van der Waals surface area contributed by atoms with Crippen molar-refractivity contribution in [1.82, 2.24) is 4.98 Å². The number of benzene rings is 2. The Hall–Kier alpha value is -2.33. The van der Waals surface area contributed by atoms with Gasteiger partial charge in [0.05, 0.1) is 28.9 Å². The van der Waals surface area contributed by atoms with Gasteiger partial charge in [-0.1, -0.05) is 30.3 Å². The topological polar surface area (TPSA) is 31.4 Å². The van der Waals surface area contributed by atoms with Crippen molar-refractivity contribution in [2.24, 2.45) is 0 Å². The van der Waals surface area contributed by atoms with Crippen LogP contribution in [-0.4, -0.2) is 18.2 Å². The Morgan fingerprint density at radius 1 is 0.960 bits per heavy atom. The van der Waals surface area contributed by atoms with Crippen LogP contribution in [0.3, 0.4) is 0 Å². The monoisotopic (exact) mass is 397 g/mol. The van der Waals surface area contributed by atoms with Crippen LogP contribution >= 0.6 is 15.9 Å². The Kier molecular flexibility index (Phi) is 5.71. The summed E-state index contributed by atoms with van der Waals surface area (Å²) in [6, 6.07) is 16.2. The lowest BCUT2D eigenvalue weighted by Gasteiger charge is -2.13. The molecule has 0 unspecified atom stereocenters. The number of aromatic nitrogens is 1. The van der Waals surface area contributed by atoms with Crippen LogP contribution < -0.4 is 9.47 Å². The van der Waals surface area contributed by atoms with Gasteiger partial charge in [0.1, 0.15) is 0 Å². The van der Waals surface area contributed by atoms with Gasteiger partial charge >= 0.3 is 0 Å². The molecule has 0 atom stereocenters. The normalized spacial score (nSPS) is 11.2. The molecule has 0 radical (unpaired) electrons. The summed E-state index contributed by atoms with van der Waals surface area (Å²) in [5, 5.41) is 1.14. The van der Waals surface area contributed by atoms with E-state index in [1.807, 2.05) is 62.4 Å². The van der Waals surface area contributed by atoms with Crippen LogP contribution in [0.15, 0.2) is 53.0 Å². The van der Waals surface area contributed by atoms with Crippen molar-refractivity contribution in [1.29, 1.82) is 0 Å². The fraction of sp³-hybridized carbons (Fsp3) is 0.190. The summed E-state index contributed by atoms with van der Waals surface area (Å²) < 4.78 is 12.3. The van der Waals surface area contributed by atoms with E-state index in [-0.39, 0.29) is 0 Å². The number of para-hydroxylation sites is 1. The molecule has 0 bridgehead atoms. The van der Waals surface area contributed by atoms with Crippen molar-refractivity contribution < 1.29 is 9.47 Å². The second-order valence-electron chi connectivity index (χ2n) is 5.46. The molecule has 0 aliphatic rings. The Bertz CT molecular complexity index is 906. The van der Waals surface area contributed by atoms with E-state index in [1.165, 1.54) is 0 Å². The first-order chi connectivity index (χ1) is 12.2. The summed E-state index contributed by atoms with van der Waals surface area (Å²) in [7, 11) is 0. The Morgan fingerprint density at radius 2 is 1.76 bits per heavy atom. The highest BCUT2D eigenvalue weighted by Crippen LogP contribution is 2.37. The second kappa shape index (κ2) is 8.17. The first-order valence-electron chi connectivity index (χ1n) is 8.34. The quantitative estimate of drug-likeness (QED) is 0.513. The van der Waals surface area contributed by atoms with E-state index >= 15 is 0 Å². The molecular formula is C21H20BrNO2. The molecule has 0 saturated heterocycles. The molecule has 128 valence electrons. The SMILES string of the molecule is CCOc1cc(C=Cc2ccc3ccccc3n2)cc(Br)c1OCC. The lowest BCUT2D eigenvalue weighted by molar-refractivity contribution is 0.286. The van der Waals surface area contributed by atoms with Gasteiger partial charge in [0.2, 0.25) is 0 Å². The lowest BCUT2D eigenvalue weighted by atomic mass is 10.1. The van der Waals surface area contributed by atoms with Crippen molar-refractivity contribution >= 4 is 39.0 Å². The Balaban J connectivity index is 1.91. The number of ether oxygens (including phenoxy) is 2. The van der Waals surface area contributed by atoms with Gasteiger partial charge in [-0.3, -0.25) is 0 Å². The molecule has 3 rings (SSSR count). The maximum absolute atomic E-state index is 5.72. The van der Waals surface area contributed by atoms with E-state index in [4.69, 9.17) is 9.47 Å². The van der Waals surface area contributed by atoms with Gasteiger partial charge in [-0.05, 0) is 65.7 Å². The van der Waals surface area contributed by atoms with Gasteiger partial charge in [-0.15, -0.1) is 0 Å². The molecule has 1 aromatic heterocycles. The van der Waals surface area contributed by atoms with Gasteiger partial charge in [-0.25, -0.2) is 4.98 Å². The maximum Gasteiger partial charge on any atom is 0.175 e. The van der Waals surface area contributed by atoms with E-state index in [0.717, 1.165) is 38.1 Å². The third kappa shape index (κ3) is 4.20. The van der Waals surface area contributed by atoms with Crippen molar-refractivity contribution in [3.63, 3.8) is 0 Å². The van der Waals surface area contributed by atoms with Gasteiger partial charge in [0, 0.05) is 5.39 Å². The van der Waals surface area contributed by atoms with Crippen LogP contribution in [0.25, 0.3) is 23.1 Å². The predicted molar refractivity (Wildman–Crippen MR) is 107 cm³/mol. The number of nitrogens with zero attached hydrogens (tertiary/aromatic N) is 1. The van der Waals surface area contributed by atoms with Gasteiger partial charge in [-0.2, -0.15) is 0 Å². The highest BCUT2D eigenvalue weighted by Gasteiger charge is 2.10. The predicted octanol–water partition coefficient (Wildman–Crippen LogP) is 5.97. The van der Waals surface area contributed by atoms with Crippen LogP contribution in [0.5, 0.6) is 11.5 Å². The summed E-state index contributed by atoms with van der Waals surface area (Å²) in [6.07, 6.45) is 4.03. The van der Waals surface area contributed by atoms with E-state index < -0.39 is 0 Å². The average Bonchev–Trinajstić information content (AvgIpc) is 2.63. The first kappa shape index (κ1) is 17.5. The van der Waals surface area contributed by atoms with Gasteiger partial charge in [0.15, 0.2) is 11.5 Å². The fourth-order valence-corrected chi connectivity index (χ4v) is 3.16. The van der Waals surface area contributed by atoms with Crippen LogP contribution in [0.2, 0.25) is 0 Å². The van der Waals surface area contributed by atoms with Crippen LogP contribution in [0, 0.1) is 0 Å². The van der Waals surface area contributed by atoms with Crippen molar-refractivity contribution in [2.45, 2.75) is 13.8 Å². The molecule has 0 fully saturated rings. The summed E-state index contributed by atoms with van der Waals surface area (Å²) in [5.41, 5.74) is 2.93. The number of pyridine rings is 1. The largest absolute Gasteiger partial charge is 0.490 e. The summed E-state index contributed by atoms with van der Waals surface area (Å²) in [6.45, 7) is 5.10. The molecule has 0 aliphatic carbocycles. The summed E-state index contributed by atoms with van der Waals surface area (Å²) >= 11 is 3.57. The molecule has 0 saturated carbocycles. The highest BCUT2D eigenvalue weighted by molar-refractivity contribution is 9.10. The molecule has 0 spiro atoms. The molecule has 3 nitrogen and oxygen atoms in total. The molecule has 2 aromatic carbocycles. The standard InChI is InChI=1S/C21H20BrNO2/c1-3-24-20-14-15(13-18(22)21(20)25-4-2)9-11-17-12-10-16-7-5-6-8-19(16)23-17/h5-14H,3-4H2,1-2H3. The molecule has 4 heteroatoms. The zero-order valence-electron chi connectivity index (χ0n) is 14.3. The maximum atomic E-state index is 5.72. The van der Waals surface area contributed by atoms with Crippen molar-refractivity contribution in [2.75, 3.05) is 13.2 Å². The Labute approximate surface area is 156 Å². The van der Waals surface area contributed by atoms with E-state index in [9.17, 15) is 0 Å². The summed E-state index contributed by atoms with van der Waals surface area (Å²) in [5.74, 6) is 1.48. The van der Waals surface area contributed by atoms with Gasteiger partial charge in [0.25, 0.3) is 0 Å². The van der Waals surface area contributed by atoms with Crippen LogP contribution in [0.1, 0.15) is 25.1 Å². The number of fused-ring (bicyclic) bond motifs is 1. The van der Waals surface area contributed by atoms with E-state index in [0.29, 0.717) is 13.2 Å². The van der Waals surface area contributed by atoms with Crippen molar-refractivity contribution in [3.8, 4) is 11.5 Å². The number of hydrogen-bond acceptors (Lipinski definition) is 3. The number of rotatable bonds is 6. The van der Waals surface area contributed by atoms with E-state index in [1.54, 1.807) is 0 Å². The minimum Gasteiger partial charge on any atom is -0.490 e. The zero-order chi connectivity index (χ0) is 17.6. The minimum absolute atomic E-state index is 0.589. The molecule has 3 aromatic rings. The molecule has 0 N–H and O–H groups in total.